The Bertz CT molecular complexity index is 646. The summed E-state index contributed by atoms with van der Waals surface area (Å²) in [6, 6.07) is 9.30. The van der Waals surface area contributed by atoms with Crippen molar-refractivity contribution in [1.29, 1.82) is 0 Å². The molecule has 20 heavy (non-hydrogen) atoms. The molecule has 0 unspecified atom stereocenters. The van der Waals surface area contributed by atoms with Gasteiger partial charge in [0.05, 0.1) is 4.92 Å². The topological polar surface area (TPSA) is 43.1 Å². The third-order valence-electron chi connectivity index (χ3n) is 2.60. The third-order valence-corrected chi connectivity index (χ3v) is 4.12. The van der Waals surface area contributed by atoms with Gasteiger partial charge in [-0.1, -0.05) is 41.0 Å². The molecule has 0 saturated carbocycles. The molecular weight excluding hydrogens is 317 g/mol. The first-order chi connectivity index (χ1) is 9.36. The number of hydrogen-bond donors (Lipinski definition) is 0. The smallest absolute Gasteiger partial charge is 0.258 e. The van der Waals surface area contributed by atoms with E-state index in [0.717, 1.165) is 20.9 Å². The number of benzene rings is 2. The maximum atomic E-state index is 10.8. The third kappa shape index (κ3) is 3.45. The van der Waals surface area contributed by atoms with E-state index in [2.05, 4.69) is 6.07 Å². The first-order valence-electron chi connectivity index (χ1n) is 5.76. The van der Waals surface area contributed by atoms with Crippen LogP contribution in [0.1, 0.15) is 11.1 Å². The lowest BCUT2D eigenvalue weighted by molar-refractivity contribution is -0.384. The van der Waals surface area contributed by atoms with Gasteiger partial charge >= 0.3 is 5.69 Å². The second-order valence-corrected chi connectivity index (χ2v) is 6.38. The highest BCUT2D eigenvalue weighted by atomic mass is 35.5. The highest BCUT2D eigenvalue weighted by molar-refractivity contribution is 7.99. The molecule has 0 aromatic heterocycles. The average Bonchev–Trinajstić information content (AvgIpc) is 2.25. The Morgan fingerprint density at radius 3 is 1.85 bits per heavy atom. The van der Waals surface area contributed by atoms with Crippen molar-refractivity contribution >= 4 is 40.7 Å². The van der Waals surface area contributed by atoms with Crippen LogP contribution in [0.2, 0.25) is 10.0 Å². The fourth-order valence-electron chi connectivity index (χ4n) is 1.90. The van der Waals surface area contributed by atoms with E-state index in [1.165, 1.54) is 11.8 Å². The molecule has 0 saturated heterocycles. The number of rotatable bonds is 3. The molecule has 0 aliphatic carbocycles. The summed E-state index contributed by atoms with van der Waals surface area (Å²) in [5.41, 5.74) is 2.07. The fourth-order valence-corrected chi connectivity index (χ4v) is 3.77. The molecule has 0 heterocycles. The fraction of sp³-hybridized carbons (Fsp3) is 0.143. The molecule has 6 heteroatoms. The molecule has 0 atom stereocenters. The van der Waals surface area contributed by atoms with E-state index in [4.69, 9.17) is 23.2 Å². The van der Waals surface area contributed by atoms with Gasteiger partial charge in [-0.3, -0.25) is 10.1 Å². The van der Waals surface area contributed by atoms with Gasteiger partial charge in [0.1, 0.15) is 10.0 Å². The lowest BCUT2D eigenvalue weighted by atomic mass is 10.2. The van der Waals surface area contributed by atoms with E-state index in [1.807, 2.05) is 26.0 Å². The van der Waals surface area contributed by atoms with Gasteiger partial charge < -0.3 is 0 Å². The standard InChI is InChI=1S/C14H11Cl2NO2S/c1-8-3-9(2)5-10(4-8)20-11-6-12(15)14(17(18)19)13(16)7-11/h3-7H,1-2H3. The zero-order valence-corrected chi connectivity index (χ0v) is 13.1. The predicted octanol–water partition coefficient (Wildman–Crippen LogP) is 5.67. The molecule has 0 radical (unpaired) electrons. The molecule has 0 amide bonds. The van der Waals surface area contributed by atoms with Gasteiger partial charge in [0.2, 0.25) is 0 Å². The first-order valence-corrected chi connectivity index (χ1v) is 7.33. The summed E-state index contributed by atoms with van der Waals surface area (Å²) in [6.07, 6.45) is 0. The monoisotopic (exact) mass is 327 g/mol. The van der Waals surface area contributed by atoms with E-state index in [0.29, 0.717) is 0 Å². The molecular formula is C14H11Cl2NO2S. The Hall–Kier alpha value is -1.23. The zero-order valence-electron chi connectivity index (χ0n) is 10.8. The number of nitro groups is 1. The SMILES string of the molecule is Cc1cc(C)cc(Sc2cc(Cl)c([N+](=O)[O-])c(Cl)c2)c1. The average molecular weight is 328 g/mol. The van der Waals surface area contributed by atoms with Crippen molar-refractivity contribution in [2.24, 2.45) is 0 Å². The molecule has 0 spiro atoms. The Morgan fingerprint density at radius 1 is 0.950 bits per heavy atom. The summed E-state index contributed by atoms with van der Waals surface area (Å²) in [5.74, 6) is 0. The Labute approximate surface area is 131 Å². The van der Waals surface area contributed by atoms with Crippen LogP contribution >= 0.6 is 35.0 Å². The van der Waals surface area contributed by atoms with Gasteiger partial charge in [0, 0.05) is 9.79 Å². The molecule has 2 aromatic rings. The van der Waals surface area contributed by atoms with Crippen LogP contribution in [0, 0.1) is 24.0 Å². The first kappa shape index (κ1) is 15.2. The van der Waals surface area contributed by atoms with E-state index in [1.54, 1.807) is 12.1 Å². The van der Waals surface area contributed by atoms with Crippen molar-refractivity contribution in [1.82, 2.24) is 0 Å². The summed E-state index contributed by atoms with van der Waals surface area (Å²) < 4.78 is 0. The van der Waals surface area contributed by atoms with E-state index in [9.17, 15) is 10.1 Å². The lowest BCUT2D eigenvalue weighted by Crippen LogP contribution is -1.91. The van der Waals surface area contributed by atoms with Crippen molar-refractivity contribution in [2.45, 2.75) is 23.6 Å². The van der Waals surface area contributed by atoms with E-state index >= 15 is 0 Å². The predicted molar refractivity (Wildman–Crippen MR) is 83.2 cm³/mol. The molecule has 0 N–H and O–H groups in total. The van der Waals surface area contributed by atoms with Gasteiger partial charge in [0.15, 0.2) is 0 Å². The summed E-state index contributed by atoms with van der Waals surface area (Å²) in [7, 11) is 0. The van der Waals surface area contributed by atoms with Crippen LogP contribution in [-0.2, 0) is 0 Å². The molecule has 0 aliphatic rings. The van der Waals surface area contributed by atoms with Crippen molar-refractivity contribution < 1.29 is 4.92 Å². The summed E-state index contributed by atoms with van der Waals surface area (Å²) in [4.78, 5) is 12.1. The number of halogens is 2. The Balaban J connectivity index is 2.37. The van der Waals surface area contributed by atoms with E-state index in [-0.39, 0.29) is 15.7 Å². The summed E-state index contributed by atoms with van der Waals surface area (Å²) >= 11 is 13.3. The highest BCUT2D eigenvalue weighted by Gasteiger charge is 2.19. The van der Waals surface area contributed by atoms with Crippen LogP contribution in [0.15, 0.2) is 40.1 Å². The number of nitro benzene ring substituents is 1. The van der Waals surface area contributed by atoms with Gasteiger partial charge in [-0.15, -0.1) is 0 Å². The second-order valence-electron chi connectivity index (χ2n) is 4.42. The van der Waals surface area contributed by atoms with Crippen molar-refractivity contribution in [3.8, 4) is 0 Å². The minimum Gasteiger partial charge on any atom is -0.258 e. The van der Waals surface area contributed by atoms with E-state index < -0.39 is 4.92 Å². The van der Waals surface area contributed by atoms with Crippen molar-refractivity contribution in [3.05, 3.63) is 61.6 Å². The summed E-state index contributed by atoms with van der Waals surface area (Å²) in [6.45, 7) is 4.04. The van der Waals surface area contributed by atoms with Crippen LogP contribution in [0.3, 0.4) is 0 Å². The normalized spacial score (nSPS) is 10.6. The molecule has 0 aliphatic heterocycles. The van der Waals surface area contributed by atoms with Gasteiger partial charge in [-0.2, -0.15) is 0 Å². The largest absolute Gasteiger partial charge is 0.306 e. The Morgan fingerprint density at radius 2 is 1.40 bits per heavy atom. The minimum atomic E-state index is -0.573. The number of aryl methyl sites for hydroxylation is 2. The van der Waals surface area contributed by atoms with Crippen LogP contribution in [0.5, 0.6) is 0 Å². The highest BCUT2D eigenvalue weighted by Crippen LogP contribution is 2.39. The maximum Gasteiger partial charge on any atom is 0.306 e. The molecule has 2 rings (SSSR count). The second kappa shape index (κ2) is 6.04. The maximum absolute atomic E-state index is 10.8. The van der Waals surface area contributed by atoms with Crippen molar-refractivity contribution in [3.63, 3.8) is 0 Å². The van der Waals surface area contributed by atoms with Gasteiger partial charge in [-0.25, -0.2) is 0 Å². The Kier molecular flexibility index (Phi) is 4.58. The van der Waals surface area contributed by atoms with Crippen LogP contribution in [0.4, 0.5) is 5.69 Å². The molecule has 0 bridgehead atoms. The molecule has 2 aromatic carbocycles. The minimum absolute atomic E-state index is 0.0503. The number of hydrogen-bond acceptors (Lipinski definition) is 3. The quantitative estimate of drug-likeness (QED) is 0.538. The van der Waals surface area contributed by atoms with Crippen LogP contribution in [-0.4, -0.2) is 4.92 Å². The molecule has 0 fully saturated rings. The molecule has 104 valence electrons. The summed E-state index contributed by atoms with van der Waals surface area (Å²) in [5, 5.41) is 10.9. The lowest BCUT2D eigenvalue weighted by Gasteiger charge is -2.06. The molecule has 3 nitrogen and oxygen atoms in total. The van der Waals surface area contributed by atoms with Crippen molar-refractivity contribution in [2.75, 3.05) is 0 Å². The zero-order chi connectivity index (χ0) is 14.9. The van der Waals surface area contributed by atoms with Crippen LogP contribution in [0.25, 0.3) is 0 Å². The van der Waals surface area contributed by atoms with Gasteiger partial charge in [0.25, 0.3) is 0 Å². The van der Waals surface area contributed by atoms with Crippen LogP contribution < -0.4 is 0 Å². The van der Waals surface area contributed by atoms with Gasteiger partial charge in [-0.05, 0) is 49.2 Å². The number of nitrogens with zero attached hydrogens (tertiary/aromatic N) is 1.